The Morgan fingerprint density at radius 1 is 1.00 bits per heavy atom. The van der Waals surface area contributed by atoms with Gasteiger partial charge in [-0.15, -0.1) is 0 Å². The summed E-state index contributed by atoms with van der Waals surface area (Å²) in [4.78, 5) is 44.0. The van der Waals surface area contributed by atoms with E-state index in [9.17, 15) is 19.7 Å². The van der Waals surface area contributed by atoms with E-state index in [2.05, 4.69) is 4.98 Å². The number of hydrogen-bond acceptors (Lipinski definition) is 7. The van der Waals surface area contributed by atoms with Crippen molar-refractivity contribution in [2.45, 2.75) is 6.04 Å². The molecule has 160 valence electrons. The molecule has 9 heteroatoms. The number of fused-ring (bicyclic) bond motifs is 3. The average Bonchev–Trinajstić information content (AvgIpc) is 3.38. The van der Waals surface area contributed by atoms with E-state index in [4.69, 9.17) is 4.42 Å². The molecule has 0 aliphatic carbocycles. The number of non-ortho nitro benzene ring substituents is 1. The van der Waals surface area contributed by atoms with Crippen LogP contribution in [-0.2, 0) is 0 Å². The molecule has 1 aliphatic heterocycles. The van der Waals surface area contributed by atoms with Crippen LogP contribution < -0.4 is 10.3 Å². The number of nitrogens with zero attached hydrogens (tertiary/aromatic N) is 3. The number of anilines is 1. The van der Waals surface area contributed by atoms with Crippen LogP contribution in [0, 0.1) is 10.1 Å². The summed E-state index contributed by atoms with van der Waals surface area (Å²) in [5, 5.41) is 12.1. The van der Waals surface area contributed by atoms with Crippen LogP contribution in [0.3, 0.4) is 0 Å². The third-order valence-electron chi connectivity index (χ3n) is 5.66. The summed E-state index contributed by atoms with van der Waals surface area (Å²) in [6, 6.07) is 19.2. The lowest BCUT2D eigenvalue weighted by molar-refractivity contribution is -0.384. The molecule has 3 heterocycles. The van der Waals surface area contributed by atoms with Crippen LogP contribution in [-0.4, -0.2) is 15.8 Å². The van der Waals surface area contributed by atoms with Gasteiger partial charge in [-0.3, -0.25) is 24.6 Å². The van der Waals surface area contributed by atoms with Crippen LogP contribution >= 0.6 is 11.3 Å². The molecule has 0 fully saturated rings. The second-order valence-corrected chi connectivity index (χ2v) is 8.57. The minimum atomic E-state index is -0.909. The molecule has 1 aliphatic rings. The number of amides is 1. The average molecular weight is 455 g/mol. The quantitative estimate of drug-likeness (QED) is 0.278. The molecule has 5 aromatic rings. The normalized spacial score (nSPS) is 15.3. The molecule has 8 nitrogen and oxygen atoms in total. The zero-order chi connectivity index (χ0) is 22.7. The largest absolute Gasteiger partial charge is 0.450 e. The Kier molecular flexibility index (Phi) is 4.14. The number of nitro benzene ring substituents is 1. The number of benzene rings is 3. The van der Waals surface area contributed by atoms with E-state index in [-0.39, 0.29) is 22.4 Å². The molecule has 0 bridgehead atoms. The maximum absolute atomic E-state index is 13.6. The molecule has 0 spiro atoms. The van der Waals surface area contributed by atoms with Gasteiger partial charge in [-0.1, -0.05) is 47.7 Å². The fourth-order valence-electron chi connectivity index (χ4n) is 4.20. The van der Waals surface area contributed by atoms with Gasteiger partial charge in [0.15, 0.2) is 10.6 Å². The van der Waals surface area contributed by atoms with E-state index in [0.717, 1.165) is 4.70 Å². The highest BCUT2D eigenvalue weighted by molar-refractivity contribution is 7.22. The Hall–Kier alpha value is -4.37. The zero-order valence-corrected chi connectivity index (χ0v) is 17.6. The molecule has 0 radical (unpaired) electrons. The molecule has 1 atom stereocenters. The Morgan fingerprint density at radius 2 is 1.79 bits per heavy atom. The summed E-state index contributed by atoms with van der Waals surface area (Å²) in [7, 11) is 0. The summed E-state index contributed by atoms with van der Waals surface area (Å²) < 4.78 is 6.78. The summed E-state index contributed by atoms with van der Waals surface area (Å²) in [6.07, 6.45) is 0. The number of nitro groups is 1. The first-order valence-corrected chi connectivity index (χ1v) is 10.8. The van der Waals surface area contributed by atoms with Crippen molar-refractivity contribution in [3.8, 4) is 0 Å². The lowest BCUT2D eigenvalue weighted by Crippen LogP contribution is -2.29. The van der Waals surface area contributed by atoms with E-state index in [1.54, 1.807) is 30.3 Å². The third-order valence-corrected chi connectivity index (χ3v) is 6.70. The lowest BCUT2D eigenvalue weighted by Gasteiger charge is -2.22. The predicted molar refractivity (Wildman–Crippen MR) is 124 cm³/mol. The van der Waals surface area contributed by atoms with Gasteiger partial charge in [0.1, 0.15) is 5.58 Å². The third kappa shape index (κ3) is 2.86. The highest BCUT2D eigenvalue weighted by Crippen LogP contribution is 2.44. The summed E-state index contributed by atoms with van der Waals surface area (Å²) >= 11 is 1.30. The summed E-state index contributed by atoms with van der Waals surface area (Å²) in [6.45, 7) is 0. The van der Waals surface area contributed by atoms with Gasteiger partial charge >= 0.3 is 0 Å². The Bertz CT molecular complexity index is 1640. The van der Waals surface area contributed by atoms with Crippen molar-refractivity contribution in [1.82, 2.24) is 4.98 Å². The minimum absolute atomic E-state index is 0.0746. The van der Waals surface area contributed by atoms with Gasteiger partial charge in [-0.05, 0) is 29.8 Å². The minimum Gasteiger partial charge on any atom is -0.450 e. The molecular formula is C24H13N3O5S. The van der Waals surface area contributed by atoms with Crippen molar-refractivity contribution in [3.63, 3.8) is 0 Å². The number of thiazole rings is 1. The maximum atomic E-state index is 13.6. The zero-order valence-electron chi connectivity index (χ0n) is 16.8. The first-order chi connectivity index (χ1) is 16.0. The molecule has 3 aromatic carbocycles. The molecule has 6 rings (SSSR count). The smallest absolute Gasteiger partial charge is 0.297 e. The van der Waals surface area contributed by atoms with E-state index in [1.807, 2.05) is 24.3 Å². The van der Waals surface area contributed by atoms with Crippen molar-refractivity contribution in [2.24, 2.45) is 0 Å². The van der Waals surface area contributed by atoms with Crippen LogP contribution in [0.15, 0.2) is 82.0 Å². The summed E-state index contributed by atoms with van der Waals surface area (Å²) in [5.41, 5.74) is 1.11. The molecule has 1 amide bonds. The van der Waals surface area contributed by atoms with Crippen LogP contribution in [0.5, 0.6) is 0 Å². The van der Waals surface area contributed by atoms with Gasteiger partial charge in [0.25, 0.3) is 11.6 Å². The van der Waals surface area contributed by atoms with E-state index >= 15 is 0 Å². The van der Waals surface area contributed by atoms with Crippen molar-refractivity contribution in [2.75, 3.05) is 4.90 Å². The Balaban J connectivity index is 1.65. The molecule has 0 N–H and O–H groups in total. The van der Waals surface area contributed by atoms with Crippen molar-refractivity contribution in [1.29, 1.82) is 0 Å². The monoisotopic (exact) mass is 455 g/mol. The summed E-state index contributed by atoms with van der Waals surface area (Å²) in [5.74, 6) is -0.585. The Morgan fingerprint density at radius 3 is 2.61 bits per heavy atom. The van der Waals surface area contributed by atoms with Crippen LogP contribution in [0.2, 0.25) is 0 Å². The SMILES string of the molecule is O=C1c2oc3ccccc3c(=O)c2C(c2cccc([N+](=O)[O-])c2)N1c1nc2ccccc2s1. The van der Waals surface area contributed by atoms with E-state index in [1.165, 1.54) is 34.4 Å². The van der Waals surface area contributed by atoms with E-state index < -0.39 is 16.9 Å². The number of para-hydroxylation sites is 2. The fourth-order valence-corrected chi connectivity index (χ4v) is 5.20. The molecular weight excluding hydrogens is 442 g/mol. The highest BCUT2D eigenvalue weighted by Gasteiger charge is 2.45. The van der Waals surface area contributed by atoms with Crippen LogP contribution in [0.25, 0.3) is 21.2 Å². The number of carbonyl (C=O) groups excluding carboxylic acids is 1. The van der Waals surface area contributed by atoms with Gasteiger partial charge < -0.3 is 4.42 Å². The standard InChI is InChI=1S/C24H13N3O5S/c28-21-15-8-1-3-10-17(15)32-22-19(21)20(13-6-5-7-14(12-13)27(30)31)26(23(22)29)24-25-16-9-2-4-11-18(16)33-24/h1-12,20H. The number of carbonyl (C=O) groups is 1. The van der Waals surface area contributed by atoms with Crippen LogP contribution in [0.4, 0.5) is 10.8 Å². The lowest BCUT2D eigenvalue weighted by atomic mass is 9.98. The molecule has 0 saturated heterocycles. The van der Waals surface area contributed by atoms with Gasteiger partial charge in [0.2, 0.25) is 5.76 Å². The second-order valence-electron chi connectivity index (χ2n) is 7.56. The van der Waals surface area contributed by atoms with Gasteiger partial charge in [-0.2, -0.15) is 0 Å². The van der Waals surface area contributed by atoms with Gasteiger partial charge in [0, 0.05) is 12.1 Å². The van der Waals surface area contributed by atoms with Crippen molar-refractivity contribution >= 4 is 49.2 Å². The number of rotatable bonds is 3. The van der Waals surface area contributed by atoms with Gasteiger partial charge in [0.05, 0.1) is 32.1 Å². The highest BCUT2D eigenvalue weighted by atomic mass is 32.1. The Labute approximate surface area is 189 Å². The topological polar surface area (TPSA) is 107 Å². The predicted octanol–water partition coefficient (Wildman–Crippen LogP) is 5.06. The first-order valence-electron chi connectivity index (χ1n) is 10.0. The maximum Gasteiger partial charge on any atom is 0.297 e. The van der Waals surface area contributed by atoms with Crippen molar-refractivity contribution in [3.05, 3.63) is 110 Å². The van der Waals surface area contributed by atoms with Gasteiger partial charge in [-0.25, -0.2) is 4.98 Å². The van der Waals surface area contributed by atoms with Crippen molar-refractivity contribution < 1.29 is 14.1 Å². The fraction of sp³-hybridized carbons (Fsp3) is 0.0417. The van der Waals surface area contributed by atoms with E-state index in [0.29, 0.717) is 27.2 Å². The number of hydrogen-bond donors (Lipinski definition) is 0. The first kappa shape index (κ1) is 19.3. The molecule has 0 saturated carbocycles. The second kappa shape index (κ2) is 7.07. The number of aromatic nitrogens is 1. The molecule has 33 heavy (non-hydrogen) atoms. The molecule has 2 aromatic heterocycles. The molecule has 1 unspecified atom stereocenters. The van der Waals surface area contributed by atoms with Crippen LogP contribution in [0.1, 0.15) is 27.7 Å².